The highest BCUT2D eigenvalue weighted by Gasteiger charge is 2.36. The molecule has 2 nitrogen and oxygen atoms in total. The Balaban J connectivity index is 1.67. The van der Waals surface area contributed by atoms with Crippen LogP contribution in [0.15, 0.2) is 30.3 Å². The van der Waals surface area contributed by atoms with Gasteiger partial charge in [0.05, 0.1) is 0 Å². The second-order valence-electron chi connectivity index (χ2n) is 6.51. The van der Waals surface area contributed by atoms with Gasteiger partial charge in [0.15, 0.2) is 0 Å². The van der Waals surface area contributed by atoms with Crippen LogP contribution in [0.1, 0.15) is 56.1 Å². The Hall–Kier alpha value is -1.57. The van der Waals surface area contributed by atoms with Crippen LogP contribution in [0.4, 0.5) is 0 Å². The van der Waals surface area contributed by atoms with Gasteiger partial charge in [-0.05, 0) is 44.2 Å². The molecule has 0 spiro atoms. The number of rotatable bonds is 4. The lowest BCUT2D eigenvalue weighted by molar-refractivity contribution is -0.129. The maximum atomic E-state index is 12.6. The van der Waals surface area contributed by atoms with E-state index in [9.17, 15) is 4.79 Å². The first kappa shape index (κ1) is 14.4. The van der Waals surface area contributed by atoms with E-state index in [4.69, 9.17) is 0 Å². The van der Waals surface area contributed by atoms with Crippen LogP contribution in [0.2, 0.25) is 0 Å². The molecule has 112 valence electrons. The van der Waals surface area contributed by atoms with Gasteiger partial charge in [0, 0.05) is 18.2 Å². The molecule has 0 N–H and O–H groups in total. The van der Waals surface area contributed by atoms with Gasteiger partial charge in [0.1, 0.15) is 0 Å². The summed E-state index contributed by atoms with van der Waals surface area (Å²) in [5.41, 5.74) is 2.36. The summed E-state index contributed by atoms with van der Waals surface area (Å²) in [7, 11) is 0. The lowest BCUT2D eigenvalue weighted by Crippen LogP contribution is -2.42. The minimum absolute atomic E-state index is 0.213. The summed E-state index contributed by atoms with van der Waals surface area (Å²) in [6.45, 7) is 2.08. The second-order valence-corrected chi connectivity index (χ2v) is 6.51. The highest BCUT2D eigenvalue weighted by atomic mass is 16.2. The Labute approximate surface area is 127 Å². The molecule has 3 rings (SSSR count). The zero-order valence-corrected chi connectivity index (χ0v) is 12.9. The number of nitrogens with zero attached hydrogens (tertiary/aromatic N) is 1. The summed E-state index contributed by atoms with van der Waals surface area (Å²) in [6.07, 6.45) is 12.4. The molecule has 0 bridgehead atoms. The zero-order chi connectivity index (χ0) is 14.7. The first-order valence-electron chi connectivity index (χ1n) is 8.31. The van der Waals surface area contributed by atoms with E-state index < -0.39 is 0 Å². The average Bonchev–Trinajstić information content (AvgIpc) is 3.33. The van der Waals surface area contributed by atoms with Crippen LogP contribution in [-0.2, 0) is 4.79 Å². The molecule has 0 atom stereocenters. The van der Waals surface area contributed by atoms with Gasteiger partial charge in [-0.25, -0.2) is 0 Å². The van der Waals surface area contributed by atoms with Crippen molar-refractivity contribution < 1.29 is 4.79 Å². The van der Waals surface area contributed by atoms with E-state index in [0.29, 0.717) is 12.1 Å². The molecule has 0 unspecified atom stereocenters. The zero-order valence-electron chi connectivity index (χ0n) is 12.9. The van der Waals surface area contributed by atoms with E-state index in [0.717, 1.165) is 5.56 Å². The predicted octanol–water partition coefficient (Wildman–Crippen LogP) is 4.33. The van der Waals surface area contributed by atoms with Crippen molar-refractivity contribution in [3.63, 3.8) is 0 Å². The Kier molecular flexibility index (Phi) is 4.42. The smallest absolute Gasteiger partial charge is 0.247 e. The highest BCUT2D eigenvalue weighted by molar-refractivity contribution is 5.92. The van der Waals surface area contributed by atoms with Crippen LogP contribution in [0, 0.1) is 6.92 Å². The highest BCUT2D eigenvalue weighted by Crippen LogP contribution is 2.34. The first-order valence-corrected chi connectivity index (χ1v) is 8.31. The van der Waals surface area contributed by atoms with Gasteiger partial charge in [-0.1, -0.05) is 49.1 Å². The average molecular weight is 283 g/mol. The molecular weight excluding hydrogens is 258 g/mol. The van der Waals surface area contributed by atoms with Gasteiger partial charge in [0.25, 0.3) is 0 Å². The third-order valence-electron chi connectivity index (χ3n) is 4.66. The van der Waals surface area contributed by atoms with E-state index in [1.54, 1.807) is 6.08 Å². The van der Waals surface area contributed by atoms with Crippen LogP contribution in [0.25, 0.3) is 6.08 Å². The van der Waals surface area contributed by atoms with Crippen molar-refractivity contribution in [3.05, 3.63) is 41.5 Å². The van der Waals surface area contributed by atoms with Gasteiger partial charge < -0.3 is 4.90 Å². The van der Waals surface area contributed by atoms with E-state index in [1.807, 2.05) is 6.08 Å². The van der Waals surface area contributed by atoms with Crippen molar-refractivity contribution in [2.24, 2.45) is 0 Å². The molecule has 0 aliphatic heterocycles. The molecular formula is C19H25NO. The lowest BCUT2D eigenvalue weighted by atomic mass is 9.94. The number of benzene rings is 1. The van der Waals surface area contributed by atoms with Crippen LogP contribution in [-0.4, -0.2) is 22.9 Å². The molecule has 0 heterocycles. The van der Waals surface area contributed by atoms with Crippen LogP contribution in [0.5, 0.6) is 0 Å². The maximum Gasteiger partial charge on any atom is 0.247 e. The summed E-state index contributed by atoms with van der Waals surface area (Å²) >= 11 is 0. The topological polar surface area (TPSA) is 20.3 Å². The van der Waals surface area contributed by atoms with Gasteiger partial charge in [0.2, 0.25) is 5.91 Å². The maximum absolute atomic E-state index is 12.6. The molecule has 0 radical (unpaired) electrons. The molecule has 0 aromatic heterocycles. The van der Waals surface area contributed by atoms with Crippen LogP contribution >= 0.6 is 0 Å². The number of aryl methyl sites for hydroxylation is 1. The molecule has 0 saturated heterocycles. The third-order valence-corrected chi connectivity index (χ3v) is 4.66. The monoisotopic (exact) mass is 283 g/mol. The molecule has 21 heavy (non-hydrogen) atoms. The van der Waals surface area contributed by atoms with Crippen LogP contribution in [0.3, 0.4) is 0 Å². The van der Waals surface area contributed by atoms with Crippen molar-refractivity contribution >= 4 is 12.0 Å². The van der Waals surface area contributed by atoms with Crippen molar-refractivity contribution in [1.82, 2.24) is 4.90 Å². The number of hydrogen-bond acceptors (Lipinski definition) is 1. The normalized spacial score (nSPS) is 19.9. The van der Waals surface area contributed by atoms with Gasteiger partial charge >= 0.3 is 0 Å². The minimum Gasteiger partial charge on any atom is -0.333 e. The molecule has 2 aliphatic carbocycles. The third kappa shape index (κ3) is 3.75. The quantitative estimate of drug-likeness (QED) is 0.753. The standard InChI is InChI=1S/C19H25NO/c1-15-7-9-16(10-8-15)11-14-19(21)20(18-12-13-18)17-5-3-2-4-6-17/h7-11,14,17-18H,2-6,12-13H2,1H3/b14-11+. The minimum atomic E-state index is 0.213. The number of carbonyl (C=O) groups is 1. The number of carbonyl (C=O) groups excluding carboxylic acids is 1. The summed E-state index contributed by atoms with van der Waals surface area (Å²) in [6, 6.07) is 9.32. The number of hydrogen-bond donors (Lipinski definition) is 0. The Bertz CT molecular complexity index is 507. The summed E-state index contributed by atoms with van der Waals surface area (Å²) in [4.78, 5) is 14.8. The van der Waals surface area contributed by atoms with E-state index >= 15 is 0 Å². The van der Waals surface area contributed by atoms with Gasteiger partial charge in [-0.2, -0.15) is 0 Å². The Morgan fingerprint density at radius 1 is 1.00 bits per heavy atom. The lowest BCUT2D eigenvalue weighted by Gasteiger charge is -2.34. The van der Waals surface area contributed by atoms with Crippen molar-refractivity contribution in [2.45, 2.75) is 64.0 Å². The number of amides is 1. The molecule has 2 fully saturated rings. The van der Waals surface area contributed by atoms with E-state index in [1.165, 1.54) is 50.5 Å². The second kappa shape index (κ2) is 6.46. The van der Waals surface area contributed by atoms with Crippen molar-refractivity contribution in [1.29, 1.82) is 0 Å². The predicted molar refractivity (Wildman–Crippen MR) is 87.0 cm³/mol. The van der Waals surface area contributed by atoms with E-state index in [-0.39, 0.29) is 5.91 Å². The fourth-order valence-electron chi connectivity index (χ4n) is 3.30. The van der Waals surface area contributed by atoms with Crippen LogP contribution < -0.4 is 0 Å². The molecule has 1 amide bonds. The van der Waals surface area contributed by atoms with E-state index in [2.05, 4.69) is 36.1 Å². The molecule has 1 aromatic carbocycles. The Morgan fingerprint density at radius 2 is 1.62 bits per heavy atom. The van der Waals surface area contributed by atoms with Crippen molar-refractivity contribution in [3.8, 4) is 0 Å². The molecule has 2 heteroatoms. The molecule has 2 saturated carbocycles. The summed E-state index contributed by atoms with van der Waals surface area (Å²) in [5.74, 6) is 0.213. The summed E-state index contributed by atoms with van der Waals surface area (Å²) in [5, 5.41) is 0. The van der Waals surface area contributed by atoms with Crippen molar-refractivity contribution in [2.75, 3.05) is 0 Å². The van der Waals surface area contributed by atoms with Gasteiger partial charge in [-0.3, -0.25) is 4.79 Å². The molecule has 1 aromatic rings. The fourth-order valence-corrected chi connectivity index (χ4v) is 3.30. The largest absolute Gasteiger partial charge is 0.333 e. The first-order chi connectivity index (χ1) is 10.2. The van der Waals surface area contributed by atoms with Gasteiger partial charge in [-0.15, -0.1) is 0 Å². The fraction of sp³-hybridized carbons (Fsp3) is 0.526. The summed E-state index contributed by atoms with van der Waals surface area (Å²) < 4.78 is 0. The molecule has 2 aliphatic rings. The Morgan fingerprint density at radius 3 is 2.24 bits per heavy atom. The SMILES string of the molecule is Cc1ccc(/C=C/C(=O)N(C2CCCCC2)C2CC2)cc1.